The minimum atomic E-state index is -0.443. The maximum absolute atomic E-state index is 11.8. The fraction of sp³-hybridized carbons (Fsp3) is 0.188. The third-order valence-electron chi connectivity index (χ3n) is 3.47. The summed E-state index contributed by atoms with van der Waals surface area (Å²) in [5.74, 6) is 0.878. The van der Waals surface area contributed by atoms with Crippen LogP contribution in [-0.2, 0) is 6.54 Å². The Morgan fingerprint density at radius 1 is 1.15 bits per heavy atom. The summed E-state index contributed by atoms with van der Waals surface area (Å²) in [5, 5.41) is 13.7. The van der Waals surface area contributed by atoms with Gasteiger partial charge in [0, 0.05) is 23.7 Å². The molecule has 144 valence electrons. The molecule has 1 aromatic carbocycles. The van der Waals surface area contributed by atoms with Crippen LogP contribution in [0.1, 0.15) is 16.2 Å². The summed E-state index contributed by atoms with van der Waals surface area (Å²) in [6, 6.07) is 8.87. The van der Waals surface area contributed by atoms with Gasteiger partial charge in [0.05, 0.1) is 11.6 Å². The van der Waals surface area contributed by atoms with Crippen LogP contribution in [0.25, 0.3) is 11.3 Å². The van der Waals surface area contributed by atoms with Crippen LogP contribution in [0, 0.1) is 0 Å². The highest BCUT2D eigenvalue weighted by molar-refractivity contribution is 6.35. The molecule has 0 aliphatic heterocycles. The summed E-state index contributed by atoms with van der Waals surface area (Å²) in [4.78, 5) is 11.8. The topological polar surface area (TPSA) is 119 Å². The van der Waals surface area contributed by atoms with Gasteiger partial charge in [0.2, 0.25) is 11.5 Å². The van der Waals surface area contributed by atoms with Crippen molar-refractivity contribution in [2.24, 2.45) is 0 Å². The normalized spacial score (nSPS) is 10.4. The Balaban J connectivity index is 0.00000261. The Morgan fingerprint density at radius 3 is 2.70 bits per heavy atom. The van der Waals surface area contributed by atoms with Gasteiger partial charge in [0.1, 0.15) is 11.5 Å². The number of anilines is 1. The molecule has 27 heavy (non-hydrogen) atoms. The van der Waals surface area contributed by atoms with Crippen LogP contribution in [0.3, 0.4) is 0 Å². The molecule has 0 aliphatic rings. The highest BCUT2D eigenvalue weighted by Gasteiger charge is 2.15. The molecule has 2 aromatic heterocycles. The molecular formula is C16H16Cl3N5O3. The van der Waals surface area contributed by atoms with E-state index in [2.05, 4.69) is 25.6 Å². The molecule has 2 heterocycles. The van der Waals surface area contributed by atoms with Crippen LogP contribution in [-0.4, -0.2) is 29.3 Å². The number of nitrogens with two attached hydrogens (primary N) is 1. The first-order valence-corrected chi connectivity index (χ1v) is 8.41. The molecule has 4 N–H and O–H groups in total. The van der Waals surface area contributed by atoms with Crippen molar-refractivity contribution in [3.05, 3.63) is 51.8 Å². The minimum Gasteiger partial charge on any atom is -0.460 e. The van der Waals surface area contributed by atoms with E-state index in [-0.39, 0.29) is 23.9 Å². The molecule has 0 spiro atoms. The van der Waals surface area contributed by atoms with Crippen molar-refractivity contribution < 1.29 is 13.8 Å². The summed E-state index contributed by atoms with van der Waals surface area (Å²) in [6.07, 6.45) is 0. The van der Waals surface area contributed by atoms with Crippen molar-refractivity contribution in [3.63, 3.8) is 0 Å². The Hall–Kier alpha value is -2.26. The van der Waals surface area contributed by atoms with E-state index in [1.165, 1.54) is 0 Å². The average molecular weight is 433 g/mol. The van der Waals surface area contributed by atoms with E-state index >= 15 is 0 Å². The number of aromatic nitrogens is 2. The van der Waals surface area contributed by atoms with Gasteiger partial charge >= 0.3 is 0 Å². The summed E-state index contributed by atoms with van der Waals surface area (Å²) in [6.45, 7) is 1.38. The first-order chi connectivity index (χ1) is 12.5. The summed E-state index contributed by atoms with van der Waals surface area (Å²) in [7, 11) is 0. The first-order valence-electron chi connectivity index (χ1n) is 7.65. The molecule has 3 rings (SSSR count). The fourth-order valence-corrected chi connectivity index (χ4v) is 2.60. The lowest BCUT2D eigenvalue weighted by Crippen LogP contribution is -2.32. The van der Waals surface area contributed by atoms with E-state index in [0.29, 0.717) is 35.4 Å². The number of hydrogen-bond donors (Lipinski definition) is 3. The monoisotopic (exact) mass is 431 g/mol. The zero-order valence-electron chi connectivity index (χ0n) is 13.9. The molecule has 3 aromatic rings. The van der Waals surface area contributed by atoms with E-state index in [4.69, 9.17) is 33.4 Å². The number of amides is 1. The summed E-state index contributed by atoms with van der Waals surface area (Å²) < 4.78 is 10.1. The van der Waals surface area contributed by atoms with E-state index in [1.54, 1.807) is 18.2 Å². The van der Waals surface area contributed by atoms with Crippen molar-refractivity contribution in [1.29, 1.82) is 0 Å². The van der Waals surface area contributed by atoms with Crippen LogP contribution in [0.4, 0.5) is 5.82 Å². The van der Waals surface area contributed by atoms with Crippen LogP contribution in [0.15, 0.2) is 39.4 Å². The van der Waals surface area contributed by atoms with Gasteiger partial charge in [-0.05, 0) is 40.6 Å². The third kappa shape index (κ3) is 5.36. The number of carbonyl (C=O) groups excluding carboxylic acids is 1. The first kappa shape index (κ1) is 21.0. The summed E-state index contributed by atoms with van der Waals surface area (Å²) in [5.41, 5.74) is 6.15. The van der Waals surface area contributed by atoms with Crippen molar-refractivity contribution >= 4 is 47.3 Å². The zero-order chi connectivity index (χ0) is 18.5. The van der Waals surface area contributed by atoms with Crippen LogP contribution in [0.5, 0.6) is 0 Å². The van der Waals surface area contributed by atoms with Crippen LogP contribution >= 0.6 is 35.6 Å². The number of carbonyl (C=O) groups is 1. The van der Waals surface area contributed by atoms with Crippen LogP contribution < -0.4 is 16.4 Å². The van der Waals surface area contributed by atoms with Crippen molar-refractivity contribution in [1.82, 2.24) is 20.9 Å². The third-order valence-corrected chi connectivity index (χ3v) is 4.04. The molecule has 0 aliphatic carbocycles. The lowest BCUT2D eigenvalue weighted by atomic mass is 10.2. The Labute approximate surface area is 170 Å². The second-order valence-corrected chi connectivity index (χ2v) is 6.16. The molecule has 0 fully saturated rings. The number of furan rings is 1. The van der Waals surface area contributed by atoms with Crippen molar-refractivity contribution in [2.75, 3.05) is 18.8 Å². The van der Waals surface area contributed by atoms with E-state index < -0.39 is 5.91 Å². The second kappa shape index (κ2) is 9.61. The Bertz CT molecular complexity index is 912. The smallest absolute Gasteiger partial charge is 0.277 e. The lowest BCUT2D eigenvalue weighted by molar-refractivity contribution is 0.0944. The molecule has 0 radical (unpaired) electrons. The van der Waals surface area contributed by atoms with Gasteiger partial charge in [-0.1, -0.05) is 23.2 Å². The number of nitrogen functional groups attached to an aromatic ring is 1. The molecule has 0 atom stereocenters. The number of halogens is 3. The second-order valence-electron chi connectivity index (χ2n) is 5.32. The van der Waals surface area contributed by atoms with Gasteiger partial charge in [-0.25, -0.2) is 4.63 Å². The highest BCUT2D eigenvalue weighted by atomic mass is 35.5. The van der Waals surface area contributed by atoms with Crippen LogP contribution in [0.2, 0.25) is 10.0 Å². The van der Waals surface area contributed by atoms with E-state index in [1.807, 2.05) is 12.1 Å². The SMILES string of the molecule is Cl.Nc1nonc1C(=O)NCCNCc1ccc(-c2cc(Cl)ccc2Cl)o1. The standard InChI is InChI=1S/C16H15Cl2N5O3.ClH/c17-9-1-3-12(18)11(7-9)13-4-2-10(25-13)8-20-5-6-21-16(24)14-15(19)23-26-22-14;/h1-4,7,20H,5-6,8H2,(H2,19,23)(H,21,24);1H. The molecular weight excluding hydrogens is 417 g/mol. The number of nitrogens with zero attached hydrogens (tertiary/aromatic N) is 2. The maximum atomic E-state index is 11.8. The molecule has 0 saturated heterocycles. The molecule has 0 saturated carbocycles. The number of nitrogens with one attached hydrogen (secondary N) is 2. The quantitative estimate of drug-likeness (QED) is 0.491. The maximum Gasteiger partial charge on any atom is 0.277 e. The van der Waals surface area contributed by atoms with Gasteiger partial charge in [0.15, 0.2) is 0 Å². The van der Waals surface area contributed by atoms with E-state index in [0.717, 1.165) is 11.3 Å². The number of benzene rings is 1. The minimum absolute atomic E-state index is 0. The van der Waals surface area contributed by atoms with Crippen molar-refractivity contribution in [2.45, 2.75) is 6.54 Å². The Kier molecular flexibility index (Phi) is 7.49. The van der Waals surface area contributed by atoms with Gasteiger partial charge in [-0.3, -0.25) is 4.79 Å². The predicted molar refractivity (Wildman–Crippen MR) is 104 cm³/mol. The largest absolute Gasteiger partial charge is 0.460 e. The lowest BCUT2D eigenvalue weighted by Gasteiger charge is -2.05. The molecule has 11 heteroatoms. The fourth-order valence-electron chi connectivity index (χ4n) is 2.22. The average Bonchev–Trinajstić information content (AvgIpc) is 3.25. The molecule has 1 amide bonds. The molecule has 0 unspecified atom stereocenters. The zero-order valence-corrected chi connectivity index (χ0v) is 16.2. The van der Waals surface area contributed by atoms with E-state index in [9.17, 15) is 4.79 Å². The van der Waals surface area contributed by atoms with Gasteiger partial charge in [-0.15, -0.1) is 12.4 Å². The summed E-state index contributed by atoms with van der Waals surface area (Å²) >= 11 is 12.2. The molecule has 0 bridgehead atoms. The Morgan fingerprint density at radius 2 is 1.96 bits per heavy atom. The van der Waals surface area contributed by atoms with Gasteiger partial charge < -0.3 is 20.8 Å². The van der Waals surface area contributed by atoms with Gasteiger partial charge in [-0.2, -0.15) is 0 Å². The predicted octanol–water partition coefficient (Wildman–Crippen LogP) is 3.16. The molecule has 8 nitrogen and oxygen atoms in total. The number of rotatable bonds is 7. The number of hydrogen-bond acceptors (Lipinski definition) is 7. The van der Waals surface area contributed by atoms with Crippen molar-refractivity contribution in [3.8, 4) is 11.3 Å². The highest BCUT2D eigenvalue weighted by Crippen LogP contribution is 2.31. The van der Waals surface area contributed by atoms with Gasteiger partial charge in [0.25, 0.3) is 5.91 Å².